The first-order valence-electron chi connectivity index (χ1n) is 12.1. The molecule has 0 aliphatic carbocycles. The molecule has 186 valence electrons. The fourth-order valence-corrected chi connectivity index (χ4v) is 4.34. The van der Waals surface area contributed by atoms with Gasteiger partial charge >= 0.3 is 0 Å². The molecule has 5 atom stereocenters. The maximum Gasteiger partial charge on any atom is 0.175 e. The van der Waals surface area contributed by atoms with Gasteiger partial charge in [-0.3, -0.25) is 0 Å². The van der Waals surface area contributed by atoms with Gasteiger partial charge in [0.05, 0.1) is 32.5 Å². The Balaban J connectivity index is 1.51. The molecular weight excluding hydrogens is 442 g/mol. The number of ether oxygens (including phenoxy) is 5. The van der Waals surface area contributed by atoms with Crippen molar-refractivity contribution in [2.75, 3.05) is 20.8 Å². The van der Waals surface area contributed by atoms with Gasteiger partial charge < -0.3 is 29.0 Å². The highest BCUT2D eigenvalue weighted by Crippen LogP contribution is 2.28. The van der Waals surface area contributed by atoms with Crippen molar-refractivity contribution in [2.45, 2.75) is 50.5 Å². The highest BCUT2D eigenvalue weighted by Gasteiger charge is 2.47. The number of nitrogens with one attached hydrogen (secondary N) is 1. The van der Waals surface area contributed by atoms with E-state index < -0.39 is 6.29 Å². The summed E-state index contributed by atoms with van der Waals surface area (Å²) in [6, 6.07) is 30.2. The lowest BCUT2D eigenvalue weighted by Gasteiger charge is -2.45. The summed E-state index contributed by atoms with van der Waals surface area (Å²) in [6.07, 6.45) is -1.54. The lowest BCUT2D eigenvalue weighted by atomic mass is 9.96. The largest absolute Gasteiger partial charge is 0.374 e. The van der Waals surface area contributed by atoms with Gasteiger partial charge in [-0.2, -0.15) is 0 Å². The van der Waals surface area contributed by atoms with E-state index in [1.807, 2.05) is 73.8 Å². The number of methoxy groups -OCH3 is 1. The van der Waals surface area contributed by atoms with Crippen LogP contribution in [0.1, 0.15) is 16.7 Å². The Hall–Kier alpha value is -2.58. The second-order valence-corrected chi connectivity index (χ2v) is 8.62. The normalized spacial score (nSPS) is 24.3. The molecule has 1 fully saturated rings. The van der Waals surface area contributed by atoms with Crippen molar-refractivity contribution in [3.8, 4) is 0 Å². The van der Waals surface area contributed by atoms with Gasteiger partial charge in [0.25, 0.3) is 0 Å². The number of hydrogen-bond acceptors (Lipinski definition) is 6. The lowest BCUT2D eigenvalue weighted by Crippen LogP contribution is -2.64. The minimum absolute atomic E-state index is 0.213. The summed E-state index contributed by atoms with van der Waals surface area (Å²) < 4.78 is 31.1. The van der Waals surface area contributed by atoms with Crippen LogP contribution in [-0.4, -0.2) is 51.4 Å². The Morgan fingerprint density at radius 2 is 1.17 bits per heavy atom. The average molecular weight is 478 g/mol. The molecular formula is C29H35NO5. The molecule has 0 saturated carbocycles. The van der Waals surface area contributed by atoms with Crippen molar-refractivity contribution in [2.24, 2.45) is 0 Å². The molecule has 0 amide bonds. The predicted octanol–water partition coefficient (Wildman–Crippen LogP) is 4.33. The molecule has 0 unspecified atom stereocenters. The van der Waals surface area contributed by atoms with Crippen LogP contribution in [0.4, 0.5) is 0 Å². The highest BCUT2D eigenvalue weighted by atomic mass is 16.7. The fourth-order valence-electron chi connectivity index (χ4n) is 4.34. The van der Waals surface area contributed by atoms with Crippen molar-refractivity contribution >= 4 is 0 Å². The molecule has 1 heterocycles. The minimum atomic E-state index is -0.498. The van der Waals surface area contributed by atoms with Gasteiger partial charge in [0, 0.05) is 7.11 Å². The van der Waals surface area contributed by atoms with E-state index in [0.29, 0.717) is 26.4 Å². The van der Waals surface area contributed by atoms with Crippen LogP contribution in [0.15, 0.2) is 91.0 Å². The Kier molecular flexibility index (Phi) is 9.84. The molecule has 6 nitrogen and oxygen atoms in total. The predicted molar refractivity (Wildman–Crippen MR) is 135 cm³/mol. The zero-order chi connectivity index (χ0) is 24.3. The van der Waals surface area contributed by atoms with Crippen LogP contribution in [0.5, 0.6) is 0 Å². The molecule has 0 bridgehead atoms. The van der Waals surface area contributed by atoms with Gasteiger partial charge in [-0.1, -0.05) is 91.0 Å². The molecule has 1 aliphatic rings. The molecule has 1 N–H and O–H groups in total. The van der Waals surface area contributed by atoms with Crippen LogP contribution < -0.4 is 5.32 Å². The fraction of sp³-hybridized carbons (Fsp3) is 0.379. The Morgan fingerprint density at radius 3 is 1.66 bits per heavy atom. The van der Waals surface area contributed by atoms with E-state index in [0.717, 1.165) is 16.7 Å². The number of rotatable bonds is 12. The number of benzene rings is 3. The van der Waals surface area contributed by atoms with Crippen LogP contribution in [0.25, 0.3) is 0 Å². The molecule has 0 aromatic heterocycles. The summed E-state index contributed by atoms with van der Waals surface area (Å²) in [4.78, 5) is 0. The van der Waals surface area contributed by atoms with Crippen LogP contribution in [-0.2, 0) is 43.5 Å². The van der Waals surface area contributed by atoms with Crippen molar-refractivity contribution < 1.29 is 23.7 Å². The third-order valence-corrected chi connectivity index (χ3v) is 6.18. The van der Waals surface area contributed by atoms with Crippen LogP contribution in [0.2, 0.25) is 0 Å². The van der Waals surface area contributed by atoms with Crippen molar-refractivity contribution in [1.29, 1.82) is 0 Å². The standard InChI is InChI=1S/C29H35NO5/c1-30-26-28(34-20-24-16-10-5-11-17-24)27(33-19-23-14-8-4-9-15-23)25(35-29(26)31-2)21-32-18-22-12-6-3-7-13-22/h3-17,25-30H,18-21H2,1-2H3/t25-,26+,27+,28-,29-/m1/s1. The van der Waals surface area contributed by atoms with Gasteiger partial charge in [-0.15, -0.1) is 0 Å². The van der Waals surface area contributed by atoms with Gasteiger partial charge in [0.2, 0.25) is 0 Å². The Bertz CT molecular complexity index is 972. The van der Waals surface area contributed by atoms with E-state index in [2.05, 4.69) is 29.6 Å². The van der Waals surface area contributed by atoms with E-state index in [9.17, 15) is 0 Å². The second kappa shape index (κ2) is 13.5. The molecule has 3 aromatic rings. The van der Waals surface area contributed by atoms with Crippen molar-refractivity contribution in [1.82, 2.24) is 5.32 Å². The molecule has 6 heteroatoms. The molecule has 4 rings (SSSR count). The molecule has 3 aromatic carbocycles. The van der Waals surface area contributed by atoms with Gasteiger partial charge in [-0.05, 0) is 23.7 Å². The molecule has 0 spiro atoms. The summed E-state index contributed by atoms with van der Waals surface area (Å²) in [6.45, 7) is 1.76. The van der Waals surface area contributed by atoms with E-state index >= 15 is 0 Å². The van der Waals surface area contributed by atoms with Crippen LogP contribution >= 0.6 is 0 Å². The average Bonchev–Trinajstić information content (AvgIpc) is 2.92. The number of likely N-dealkylation sites (N-methyl/N-ethyl adjacent to an activating group) is 1. The zero-order valence-electron chi connectivity index (χ0n) is 20.4. The third-order valence-electron chi connectivity index (χ3n) is 6.18. The van der Waals surface area contributed by atoms with E-state index in [-0.39, 0.29) is 24.4 Å². The maximum absolute atomic E-state index is 6.50. The van der Waals surface area contributed by atoms with E-state index in [4.69, 9.17) is 23.7 Å². The first-order chi connectivity index (χ1) is 17.3. The summed E-state index contributed by atoms with van der Waals surface area (Å²) in [5, 5.41) is 3.33. The van der Waals surface area contributed by atoms with Gasteiger partial charge in [-0.25, -0.2) is 0 Å². The second-order valence-electron chi connectivity index (χ2n) is 8.62. The van der Waals surface area contributed by atoms with Crippen LogP contribution in [0, 0.1) is 0 Å². The molecule has 35 heavy (non-hydrogen) atoms. The smallest absolute Gasteiger partial charge is 0.175 e. The monoisotopic (exact) mass is 477 g/mol. The maximum atomic E-state index is 6.50. The number of hydrogen-bond donors (Lipinski definition) is 1. The SMILES string of the molecule is CN[C@@H]1[C@H](OC)O[C@H](COCc2ccccc2)[C@H](OCc2ccccc2)[C@@H]1OCc1ccccc1. The highest BCUT2D eigenvalue weighted by molar-refractivity contribution is 5.15. The summed E-state index contributed by atoms with van der Waals surface area (Å²) >= 11 is 0. The van der Waals surface area contributed by atoms with Gasteiger partial charge in [0.1, 0.15) is 18.3 Å². The first-order valence-corrected chi connectivity index (χ1v) is 12.1. The quantitative estimate of drug-likeness (QED) is 0.419. The van der Waals surface area contributed by atoms with Crippen molar-refractivity contribution in [3.05, 3.63) is 108 Å². The zero-order valence-corrected chi connectivity index (χ0v) is 20.4. The van der Waals surface area contributed by atoms with Gasteiger partial charge in [0.15, 0.2) is 6.29 Å². The molecule has 1 aliphatic heterocycles. The van der Waals surface area contributed by atoms with E-state index in [1.165, 1.54) is 0 Å². The summed E-state index contributed by atoms with van der Waals surface area (Å²) in [5.74, 6) is 0. The first kappa shape index (κ1) is 25.5. The van der Waals surface area contributed by atoms with Crippen LogP contribution in [0.3, 0.4) is 0 Å². The Morgan fingerprint density at radius 1 is 0.686 bits per heavy atom. The molecule has 1 saturated heterocycles. The minimum Gasteiger partial charge on any atom is -0.374 e. The Labute approximate surface area is 208 Å². The van der Waals surface area contributed by atoms with E-state index in [1.54, 1.807) is 7.11 Å². The lowest BCUT2D eigenvalue weighted by molar-refractivity contribution is -0.284. The van der Waals surface area contributed by atoms with Crippen molar-refractivity contribution in [3.63, 3.8) is 0 Å². The third kappa shape index (κ3) is 7.21. The molecule has 0 radical (unpaired) electrons. The topological polar surface area (TPSA) is 58.2 Å². The summed E-state index contributed by atoms with van der Waals surface area (Å²) in [5.41, 5.74) is 3.30. The summed E-state index contributed by atoms with van der Waals surface area (Å²) in [7, 11) is 3.54.